The molecule has 0 aliphatic carbocycles. The third-order valence-electron chi connectivity index (χ3n) is 9.04. The summed E-state index contributed by atoms with van der Waals surface area (Å²) in [6, 6.07) is 55.7. The summed E-state index contributed by atoms with van der Waals surface area (Å²) in [5.74, 6) is 0. The van der Waals surface area contributed by atoms with Crippen molar-refractivity contribution in [3.8, 4) is 0 Å². The summed E-state index contributed by atoms with van der Waals surface area (Å²) >= 11 is 0. The summed E-state index contributed by atoms with van der Waals surface area (Å²) in [6.45, 7) is 9.83. The van der Waals surface area contributed by atoms with E-state index in [4.69, 9.17) is 0 Å². The Kier molecular flexibility index (Phi) is 10.7. The Hall–Kier alpha value is -3.59. The predicted molar refractivity (Wildman–Crippen MR) is 190 cm³/mol. The largest absolute Gasteiger partial charge is 0.300 e. The third-order valence-corrected chi connectivity index (χ3v) is 13.4. The molecule has 1 aliphatic rings. The molecule has 0 spiro atoms. The Balaban J connectivity index is 1.10. The van der Waals surface area contributed by atoms with Gasteiger partial charge in [-0.1, -0.05) is 115 Å². The van der Waals surface area contributed by atoms with Crippen LogP contribution in [0.4, 0.5) is 0 Å². The van der Waals surface area contributed by atoms with Gasteiger partial charge in [0.05, 0.1) is 6.16 Å². The minimum Gasteiger partial charge on any atom is -0.300 e. The quantitative estimate of drug-likeness (QED) is 0.147. The monoisotopic (exact) mass is 598 g/mol. The standard InChI is InChI=1S/C40H45N3P/c1-6-16-36(17-7-1)34-43(35-37-18-8-2-9-19-37)31-30-41-26-28-42(29-27-41)32-33-44(38-20-10-3-11-21-38,39-22-12-4-13-23-39)40-24-14-5-15-25-40/h1-25H,26-35H2/q+1. The maximum absolute atomic E-state index is 2.71. The van der Waals surface area contributed by atoms with Crippen molar-refractivity contribution in [1.29, 1.82) is 0 Å². The molecule has 0 radical (unpaired) electrons. The minimum absolute atomic E-state index is 0.986. The van der Waals surface area contributed by atoms with E-state index in [2.05, 4.69) is 166 Å². The Morgan fingerprint density at radius 2 is 0.773 bits per heavy atom. The van der Waals surface area contributed by atoms with Crippen LogP contribution in [0.15, 0.2) is 152 Å². The molecule has 6 rings (SSSR count). The van der Waals surface area contributed by atoms with Crippen LogP contribution in [0.5, 0.6) is 0 Å². The summed E-state index contributed by atoms with van der Waals surface area (Å²) < 4.78 is 0. The Morgan fingerprint density at radius 3 is 1.16 bits per heavy atom. The fourth-order valence-electron chi connectivity index (χ4n) is 6.59. The second-order valence-electron chi connectivity index (χ2n) is 11.9. The van der Waals surface area contributed by atoms with Crippen LogP contribution in [-0.4, -0.2) is 66.7 Å². The first kappa shape index (κ1) is 30.4. The molecular weight excluding hydrogens is 553 g/mol. The molecule has 0 atom stereocenters. The second-order valence-corrected chi connectivity index (χ2v) is 15.5. The van der Waals surface area contributed by atoms with Crippen LogP contribution in [0.2, 0.25) is 0 Å². The molecule has 44 heavy (non-hydrogen) atoms. The average Bonchev–Trinajstić information content (AvgIpc) is 3.10. The maximum Gasteiger partial charge on any atom is 0.113 e. The topological polar surface area (TPSA) is 9.72 Å². The Morgan fingerprint density at radius 1 is 0.432 bits per heavy atom. The van der Waals surface area contributed by atoms with Crippen molar-refractivity contribution in [3.63, 3.8) is 0 Å². The van der Waals surface area contributed by atoms with Crippen LogP contribution in [0, 0.1) is 0 Å². The molecule has 1 aliphatic heterocycles. The summed E-state index contributed by atoms with van der Waals surface area (Å²) in [6.07, 6.45) is 1.16. The molecule has 0 unspecified atom stereocenters. The number of hydrogen-bond donors (Lipinski definition) is 0. The lowest BCUT2D eigenvalue weighted by molar-refractivity contribution is 0.119. The van der Waals surface area contributed by atoms with E-state index >= 15 is 0 Å². The van der Waals surface area contributed by atoms with Crippen LogP contribution in [0.25, 0.3) is 0 Å². The van der Waals surface area contributed by atoms with Crippen LogP contribution >= 0.6 is 7.26 Å². The molecule has 0 saturated carbocycles. The fraction of sp³-hybridized carbons (Fsp3) is 0.250. The minimum atomic E-state index is -1.79. The van der Waals surface area contributed by atoms with E-state index in [1.807, 2.05) is 0 Å². The van der Waals surface area contributed by atoms with Crippen LogP contribution in [0.3, 0.4) is 0 Å². The van der Waals surface area contributed by atoms with Crippen molar-refractivity contribution in [2.75, 3.05) is 52.0 Å². The third kappa shape index (κ3) is 7.73. The molecule has 1 saturated heterocycles. The fourth-order valence-corrected chi connectivity index (χ4v) is 10.9. The van der Waals surface area contributed by atoms with Crippen molar-refractivity contribution in [1.82, 2.24) is 14.7 Å². The first-order valence-corrected chi connectivity index (χ1v) is 18.1. The molecule has 0 amide bonds. The molecule has 224 valence electrons. The van der Waals surface area contributed by atoms with Gasteiger partial charge in [-0.15, -0.1) is 0 Å². The Labute approximate surface area is 265 Å². The lowest BCUT2D eigenvalue weighted by Gasteiger charge is -2.37. The summed E-state index contributed by atoms with van der Waals surface area (Å²) in [4.78, 5) is 7.99. The normalized spacial score (nSPS) is 14.6. The zero-order valence-electron chi connectivity index (χ0n) is 25.8. The van der Waals surface area contributed by atoms with Gasteiger partial charge in [-0.2, -0.15) is 0 Å². The smallest absolute Gasteiger partial charge is 0.113 e. The van der Waals surface area contributed by atoms with E-state index in [1.165, 1.54) is 27.0 Å². The maximum atomic E-state index is 2.71. The lowest BCUT2D eigenvalue weighted by atomic mass is 10.1. The van der Waals surface area contributed by atoms with Gasteiger partial charge in [-0.25, -0.2) is 0 Å². The number of nitrogens with zero attached hydrogens (tertiary/aromatic N) is 3. The predicted octanol–water partition coefficient (Wildman–Crippen LogP) is 6.30. The van der Waals surface area contributed by atoms with Gasteiger partial charge in [0.15, 0.2) is 0 Å². The first-order valence-electron chi connectivity index (χ1n) is 16.1. The SMILES string of the molecule is c1ccc(CN(CCN2CCN(CC[P+](c3ccccc3)(c3ccccc3)c3ccccc3)CC2)Cc2ccccc2)cc1. The highest BCUT2D eigenvalue weighted by molar-refractivity contribution is 7.95. The molecule has 0 N–H and O–H groups in total. The number of rotatable bonds is 13. The molecule has 1 heterocycles. The van der Waals surface area contributed by atoms with Gasteiger partial charge in [0, 0.05) is 58.9 Å². The highest BCUT2D eigenvalue weighted by Gasteiger charge is 2.45. The first-order chi connectivity index (χ1) is 21.8. The van der Waals surface area contributed by atoms with Gasteiger partial charge >= 0.3 is 0 Å². The number of piperazine rings is 1. The molecular formula is C40H45N3P+. The van der Waals surface area contributed by atoms with Gasteiger partial charge < -0.3 is 0 Å². The van der Waals surface area contributed by atoms with Gasteiger partial charge in [-0.05, 0) is 47.5 Å². The van der Waals surface area contributed by atoms with Crippen molar-refractivity contribution in [2.24, 2.45) is 0 Å². The summed E-state index contributed by atoms with van der Waals surface area (Å²) in [5.41, 5.74) is 2.77. The molecule has 3 nitrogen and oxygen atoms in total. The molecule has 1 fully saturated rings. The Bertz CT molecular complexity index is 1370. The van der Waals surface area contributed by atoms with Crippen LogP contribution < -0.4 is 15.9 Å². The summed E-state index contributed by atoms with van der Waals surface area (Å²) in [5, 5.41) is 4.44. The lowest BCUT2D eigenvalue weighted by Crippen LogP contribution is -2.49. The molecule has 4 heteroatoms. The highest BCUT2D eigenvalue weighted by atomic mass is 31.2. The van der Waals surface area contributed by atoms with Crippen molar-refractivity contribution < 1.29 is 0 Å². The second kappa shape index (κ2) is 15.4. The van der Waals surface area contributed by atoms with Crippen LogP contribution in [0.1, 0.15) is 11.1 Å². The number of benzene rings is 5. The molecule has 0 bridgehead atoms. The van der Waals surface area contributed by atoms with E-state index < -0.39 is 7.26 Å². The van der Waals surface area contributed by atoms with E-state index in [-0.39, 0.29) is 0 Å². The van der Waals surface area contributed by atoms with Crippen molar-refractivity contribution in [3.05, 3.63) is 163 Å². The zero-order chi connectivity index (χ0) is 29.9. The van der Waals surface area contributed by atoms with E-state index in [0.717, 1.165) is 65.1 Å². The zero-order valence-corrected chi connectivity index (χ0v) is 26.7. The van der Waals surface area contributed by atoms with E-state index in [0.29, 0.717) is 0 Å². The van der Waals surface area contributed by atoms with E-state index in [1.54, 1.807) is 0 Å². The molecule has 0 aromatic heterocycles. The molecule has 5 aromatic carbocycles. The van der Waals surface area contributed by atoms with Crippen LogP contribution in [-0.2, 0) is 13.1 Å². The summed E-state index contributed by atoms with van der Waals surface area (Å²) in [7, 11) is -1.79. The average molecular weight is 599 g/mol. The van der Waals surface area contributed by atoms with E-state index in [9.17, 15) is 0 Å². The van der Waals surface area contributed by atoms with Gasteiger partial charge in [-0.3, -0.25) is 14.7 Å². The number of hydrogen-bond acceptors (Lipinski definition) is 3. The van der Waals surface area contributed by atoms with Gasteiger partial charge in [0.2, 0.25) is 0 Å². The van der Waals surface area contributed by atoms with Crippen molar-refractivity contribution in [2.45, 2.75) is 13.1 Å². The molecule has 5 aromatic rings. The van der Waals surface area contributed by atoms with Gasteiger partial charge in [0.1, 0.15) is 23.2 Å². The van der Waals surface area contributed by atoms with Gasteiger partial charge in [0.25, 0.3) is 0 Å². The van der Waals surface area contributed by atoms with Crippen molar-refractivity contribution >= 4 is 23.2 Å². The highest BCUT2D eigenvalue weighted by Crippen LogP contribution is 2.55.